The molecule has 1 aliphatic rings. The molecule has 3 aromatic heterocycles. The quantitative estimate of drug-likeness (QED) is 0.583. The van der Waals surface area contributed by atoms with Crippen LogP contribution in [-0.4, -0.2) is 42.5 Å². The molecule has 1 saturated heterocycles. The topological polar surface area (TPSA) is 62.6 Å². The predicted molar refractivity (Wildman–Crippen MR) is 110 cm³/mol. The Labute approximate surface area is 164 Å². The largest absolute Gasteiger partial charge is 0.361 e. The molecule has 4 heterocycles. The molecule has 4 aromatic rings. The molecule has 6 heteroatoms. The van der Waals surface area contributed by atoms with Gasteiger partial charge in [0.05, 0.1) is 0 Å². The molecular weight excluding hydrogens is 348 g/mol. The monoisotopic (exact) mass is 372 g/mol. The molecule has 28 heavy (non-hydrogen) atoms. The van der Waals surface area contributed by atoms with Crippen molar-refractivity contribution in [2.45, 2.75) is 19.4 Å². The highest BCUT2D eigenvalue weighted by Gasteiger charge is 2.24. The first kappa shape index (κ1) is 17.1. The first-order chi connectivity index (χ1) is 13.8. The zero-order chi connectivity index (χ0) is 18.9. The van der Waals surface area contributed by atoms with E-state index in [4.69, 9.17) is 0 Å². The van der Waals surface area contributed by atoms with Gasteiger partial charge in [0.25, 0.3) is 0 Å². The number of hydrogen-bond donors (Lipinski definition) is 1. The lowest BCUT2D eigenvalue weighted by atomic mass is 10.0. The molecule has 5 rings (SSSR count). The zero-order valence-corrected chi connectivity index (χ0v) is 16.0. The summed E-state index contributed by atoms with van der Waals surface area (Å²) in [5, 5.41) is 1.33. The van der Waals surface area contributed by atoms with Crippen LogP contribution in [0.1, 0.15) is 17.7 Å². The maximum Gasteiger partial charge on any atom is 0.158 e. The van der Waals surface area contributed by atoms with Gasteiger partial charge in [-0.1, -0.05) is 12.1 Å². The first-order valence-electron chi connectivity index (χ1n) is 9.82. The molecule has 0 amide bonds. The number of fused-ring (bicyclic) bond motifs is 1. The number of likely N-dealkylation sites (tertiary alicyclic amines) is 1. The molecule has 1 unspecified atom stereocenters. The fourth-order valence-corrected chi connectivity index (χ4v) is 4.29. The fraction of sp³-hybridized carbons (Fsp3) is 0.318. The van der Waals surface area contributed by atoms with Crippen LogP contribution in [0.15, 0.2) is 55.2 Å². The molecule has 1 aromatic carbocycles. The van der Waals surface area contributed by atoms with Crippen LogP contribution in [0.25, 0.3) is 22.4 Å². The SMILES string of the molecule is Cn1ccnc1-c1cc(CC2CCN(Cc3cccc4[nH]ccc34)C2)ncn1. The van der Waals surface area contributed by atoms with E-state index in [9.17, 15) is 0 Å². The highest BCUT2D eigenvalue weighted by atomic mass is 15.1. The summed E-state index contributed by atoms with van der Waals surface area (Å²) < 4.78 is 1.99. The summed E-state index contributed by atoms with van der Waals surface area (Å²) in [5.74, 6) is 1.52. The van der Waals surface area contributed by atoms with Gasteiger partial charge < -0.3 is 9.55 Å². The Morgan fingerprint density at radius 3 is 3.04 bits per heavy atom. The Balaban J connectivity index is 1.26. The lowest BCUT2D eigenvalue weighted by Crippen LogP contribution is -2.20. The van der Waals surface area contributed by atoms with E-state index < -0.39 is 0 Å². The molecule has 0 spiro atoms. The van der Waals surface area contributed by atoms with Gasteiger partial charge in [0, 0.05) is 55.3 Å². The minimum atomic E-state index is 0.634. The standard InChI is InChI=1S/C22H24N6/c1-27-10-8-24-22(27)21-12-18(25-15-26-21)11-16-6-9-28(13-16)14-17-3-2-4-20-19(17)5-7-23-20/h2-5,7-8,10,12,15-16,23H,6,9,11,13-14H2,1H3. The number of aryl methyl sites for hydroxylation is 1. The number of imidazole rings is 1. The normalized spacial score (nSPS) is 17.5. The van der Waals surface area contributed by atoms with E-state index in [0.29, 0.717) is 5.92 Å². The third-order valence-corrected chi connectivity index (χ3v) is 5.72. The number of rotatable bonds is 5. The van der Waals surface area contributed by atoms with Crippen LogP contribution in [0.2, 0.25) is 0 Å². The van der Waals surface area contributed by atoms with Crippen molar-refractivity contribution in [1.29, 1.82) is 0 Å². The maximum absolute atomic E-state index is 4.51. The predicted octanol–water partition coefficient (Wildman–Crippen LogP) is 3.42. The highest BCUT2D eigenvalue weighted by Crippen LogP contribution is 2.25. The summed E-state index contributed by atoms with van der Waals surface area (Å²) in [5.41, 5.74) is 4.62. The van der Waals surface area contributed by atoms with Crippen LogP contribution in [-0.2, 0) is 20.0 Å². The van der Waals surface area contributed by atoms with Gasteiger partial charge in [-0.2, -0.15) is 0 Å². The van der Waals surface area contributed by atoms with Gasteiger partial charge in [0.1, 0.15) is 12.0 Å². The van der Waals surface area contributed by atoms with Gasteiger partial charge in [0.2, 0.25) is 0 Å². The number of benzene rings is 1. The summed E-state index contributed by atoms with van der Waals surface area (Å²) in [4.78, 5) is 19.2. The summed E-state index contributed by atoms with van der Waals surface area (Å²) in [6.45, 7) is 3.26. The summed E-state index contributed by atoms with van der Waals surface area (Å²) in [7, 11) is 1.99. The second-order valence-corrected chi connectivity index (χ2v) is 7.71. The highest BCUT2D eigenvalue weighted by molar-refractivity contribution is 5.82. The maximum atomic E-state index is 4.51. The van der Waals surface area contributed by atoms with Crippen molar-refractivity contribution in [2.75, 3.05) is 13.1 Å². The lowest BCUT2D eigenvalue weighted by Gasteiger charge is -2.17. The molecule has 0 saturated carbocycles. The van der Waals surface area contributed by atoms with Crippen LogP contribution >= 0.6 is 0 Å². The molecule has 0 radical (unpaired) electrons. The molecular formula is C22H24N6. The average molecular weight is 372 g/mol. The number of hydrogen-bond acceptors (Lipinski definition) is 4. The molecule has 1 N–H and O–H groups in total. The number of nitrogens with zero attached hydrogens (tertiary/aromatic N) is 5. The van der Waals surface area contributed by atoms with E-state index >= 15 is 0 Å². The Morgan fingerprint density at radius 1 is 1.18 bits per heavy atom. The van der Waals surface area contributed by atoms with E-state index in [0.717, 1.165) is 43.3 Å². The van der Waals surface area contributed by atoms with Crippen molar-refractivity contribution in [3.63, 3.8) is 0 Å². The smallest absolute Gasteiger partial charge is 0.158 e. The average Bonchev–Trinajstić information content (AvgIpc) is 3.43. The van der Waals surface area contributed by atoms with Crippen LogP contribution in [0.4, 0.5) is 0 Å². The molecule has 1 fully saturated rings. The van der Waals surface area contributed by atoms with E-state index in [1.165, 1.54) is 22.9 Å². The van der Waals surface area contributed by atoms with Gasteiger partial charge in [0.15, 0.2) is 5.82 Å². The summed E-state index contributed by atoms with van der Waals surface area (Å²) >= 11 is 0. The summed E-state index contributed by atoms with van der Waals surface area (Å²) in [6, 6.07) is 10.8. The van der Waals surface area contributed by atoms with Gasteiger partial charge in [-0.15, -0.1) is 0 Å². The van der Waals surface area contributed by atoms with Crippen molar-refractivity contribution in [1.82, 2.24) is 29.4 Å². The molecule has 142 valence electrons. The van der Waals surface area contributed by atoms with Crippen molar-refractivity contribution < 1.29 is 0 Å². The van der Waals surface area contributed by atoms with E-state index in [-0.39, 0.29) is 0 Å². The zero-order valence-electron chi connectivity index (χ0n) is 16.0. The van der Waals surface area contributed by atoms with Gasteiger partial charge in [-0.25, -0.2) is 15.0 Å². The van der Waals surface area contributed by atoms with Crippen LogP contribution in [0, 0.1) is 5.92 Å². The van der Waals surface area contributed by atoms with E-state index in [1.54, 1.807) is 12.5 Å². The van der Waals surface area contributed by atoms with Gasteiger partial charge in [-0.3, -0.25) is 4.90 Å². The second-order valence-electron chi connectivity index (χ2n) is 7.71. The minimum Gasteiger partial charge on any atom is -0.361 e. The number of nitrogens with one attached hydrogen (secondary N) is 1. The van der Waals surface area contributed by atoms with Crippen molar-refractivity contribution in [3.8, 4) is 11.5 Å². The van der Waals surface area contributed by atoms with E-state index in [2.05, 4.69) is 55.2 Å². The number of H-pyrrole nitrogens is 1. The van der Waals surface area contributed by atoms with Crippen molar-refractivity contribution in [2.24, 2.45) is 13.0 Å². The van der Waals surface area contributed by atoms with Crippen LogP contribution in [0.5, 0.6) is 0 Å². The Kier molecular flexibility index (Phi) is 4.41. The number of aromatic amines is 1. The second kappa shape index (κ2) is 7.20. The Bertz CT molecular complexity index is 1100. The number of aromatic nitrogens is 5. The van der Waals surface area contributed by atoms with Crippen molar-refractivity contribution >= 4 is 10.9 Å². The molecule has 0 aliphatic carbocycles. The third kappa shape index (κ3) is 3.31. The summed E-state index contributed by atoms with van der Waals surface area (Å²) in [6.07, 6.45) is 9.64. The molecule has 1 aliphatic heterocycles. The molecule has 1 atom stereocenters. The van der Waals surface area contributed by atoms with Crippen LogP contribution < -0.4 is 0 Å². The van der Waals surface area contributed by atoms with Gasteiger partial charge >= 0.3 is 0 Å². The van der Waals surface area contributed by atoms with Gasteiger partial charge in [-0.05, 0) is 49.1 Å². The Hall–Kier alpha value is -2.99. The fourth-order valence-electron chi connectivity index (χ4n) is 4.29. The lowest BCUT2D eigenvalue weighted by molar-refractivity contribution is 0.317. The Morgan fingerprint density at radius 2 is 2.14 bits per heavy atom. The first-order valence-corrected chi connectivity index (χ1v) is 9.82. The van der Waals surface area contributed by atoms with Crippen molar-refractivity contribution in [3.05, 3.63) is 66.5 Å². The van der Waals surface area contributed by atoms with E-state index in [1.807, 2.05) is 24.0 Å². The molecule has 0 bridgehead atoms. The molecule has 6 nitrogen and oxygen atoms in total. The third-order valence-electron chi connectivity index (χ3n) is 5.72. The minimum absolute atomic E-state index is 0.634. The van der Waals surface area contributed by atoms with Crippen LogP contribution in [0.3, 0.4) is 0 Å².